The van der Waals surface area contributed by atoms with Crippen LogP contribution in [0, 0.1) is 5.82 Å². The van der Waals surface area contributed by atoms with E-state index in [1.807, 2.05) is 20.8 Å². The van der Waals surface area contributed by atoms with Crippen molar-refractivity contribution < 1.29 is 18.9 Å². The highest BCUT2D eigenvalue weighted by atomic mass is 35.5. The van der Waals surface area contributed by atoms with Crippen LogP contribution in [0.3, 0.4) is 0 Å². The molecule has 0 aliphatic rings. The molecule has 3 N–H and O–H groups in total. The van der Waals surface area contributed by atoms with Crippen molar-refractivity contribution in [2.24, 2.45) is 0 Å². The summed E-state index contributed by atoms with van der Waals surface area (Å²) in [6, 6.07) is 4.10. The molecule has 1 aromatic carbocycles. The third-order valence-corrected chi connectivity index (χ3v) is 3.21. The summed E-state index contributed by atoms with van der Waals surface area (Å²) >= 11 is 5.66. The Hall–Kier alpha value is -1.66. The lowest BCUT2D eigenvalue weighted by Gasteiger charge is -2.18. The van der Waals surface area contributed by atoms with Crippen molar-refractivity contribution in [3.05, 3.63) is 29.0 Å². The topological polar surface area (TPSA) is 62.6 Å². The summed E-state index contributed by atoms with van der Waals surface area (Å²) in [5.41, 5.74) is 0.0801. The maximum absolute atomic E-state index is 13.6. The Morgan fingerprint density at radius 1 is 1.27 bits per heavy atom. The molecule has 1 atom stereocenters. The first kappa shape index (κ1) is 18.4. The number of quaternary nitrogens is 1. The first-order valence-electron chi connectivity index (χ1n) is 7.19. The second-order valence-electron chi connectivity index (χ2n) is 5.35. The number of carbonyl (C=O) groups excluding carboxylic acids is 2. The second kappa shape index (κ2) is 8.70. The molecule has 0 fully saturated rings. The Bertz CT molecular complexity index is 538. The first-order valence-corrected chi connectivity index (χ1v) is 7.57. The molecule has 5 nitrogen and oxygen atoms in total. The quantitative estimate of drug-likeness (QED) is 0.694. The van der Waals surface area contributed by atoms with Crippen molar-refractivity contribution in [1.29, 1.82) is 0 Å². The number of likely N-dealkylation sites (N-methyl/N-ethyl adjacent to an activating group) is 1. The van der Waals surface area contributed by atoms with Gasteiger partial charge in [0.05, 0.1) is 12.2 Å². The van der Waals surface area contributed by atoms with Crippen LogP contribution in [-0.2, 0) is 9.59 Å². The van der Waals surface area contributed by atoms with Crippen molar-refractivity contribution in [3.63, 3.8) is 0 Å². The van der Waals surface area contributed by atoms with Crippen LogP contribution < -0.4 is 15.5 Å². The van der Waals surface area contributed by atoms with E-state index in [2.05, 4.69) is 10.6 Å². The standard InChI is InChI=1S/C15H21ClFN3O2/c1-4-20(8-14(21)18-10(2)3)9-15(22)19-13-6-5-11(16)7-12(13)17/h5-7,10H,4,8-9H2,1-3H3,(H,18,21)(H,19,22)/p+1. The van der Waals surface area contributed by atoms with Gasteiger partial charge in [-0.3, -0.25) is 9.59 Å². The predicted octanol–water partition coefficient (Wildman–Crippen LogP) is 0.847. The fourth-order valence-corrected chi connectivity index (χ4v) is 2.08. The molecule has 0 aromatic heterocycles. The number of hydrogen-bond donors (Lipinski definition) is 3. The summed E-state index contributed by atoms with van der Waals surface area (Å²) in [6.45, 7) is 6.53. The highest BCUT2D eigenvalue weighted by Crippen LogP contribution is 2.18. The monoisotopic (exact) mass is 330 g/mol. The number of nitrogens with one attached hydrogen (secondary N) is 3. The lowest BCUT2D eigenvalue weighted by atomic mass is 10.3. The Labute approximate surface area is 134 Å². The highest BCUT2D eigenvalue weighted by Gasteiger charge is 2.18. The second-order valence-corrected chi connectivity index (χ2v) is 5.79. The average Bonchev–Trinajstić information content (AvgIpc) is 2.40. The molecule has 0 spiro atoms. The van der Waals surface area contributed by atoms with E-state index in [0.29, 0.717) is 6.54 Å². The fraction of sp³-hybridized carbons (Fsp3) is 0.467. The molecule has 1 aromatic rings. The largest absolute Gasteiger partial charge is 0.349 e. The van der Waals surface area contributed by atoms with E-state index in [9.17, 15) is 14.0 Å². The predicted molar refractivity (Wildman–Crippen MR) is 84.6 cm³/mol. The van der Waals surface area contributed by atoms with Gasteiger partial charge in [-0.1, -0.05) is 11.6 Å². The SMILES string of the molecule is CC[NH+](CC(=O)Nc1ccc(Cl)cc1F)CC(=O)NC(C)C. The molecule has 0 saturated heterocycles. The zero-order valence-corrected chi connectivity index (χ0v) is 13.8. The van der Waals surface area contributed by atoms with E-state index < -0.39 is 5.82 Å². The summed E-state index contributed by atoms with van der Waals surface area (Å²) in [5.74, 6) is -1.05. The van der Waals surface area contributed by atoms with Gasteiger partial charge in [0, 0.05) is 11.1 Å². The first-order chi connectivity index (χ1) is 10.3. The lowest BCUT2D eigenvalue weighted by Crippen LogP contribution is -3.14. The Balaban J connectivity index is 2.56. The van der Waals surface area contributed by atoms with Gasteiger partial charge in [-0.25, -0.2) is 4.39 Å². The summed E-state index contributed by atoms with van der Waals surface area (Å²) in [7, 11) is 0. The number of benzene rings is 1. The minimum absolute atomic E-state index is 0.0580. The molecule has 122 valence electrons. The average molecular weight is 331 g/mol. The maximum Gasteiger partial charge on any atom is 0.279 e. The minimum atomic E-state index is -0.587. The molecular formula is C15H22ClFN3O2+. The van der Waals surface area contributed by atoms with Crippen molar-refractivity contribution in [2.45, 2.75) is 26.8 Å². The van der Waals surface area contributed by atoms with E-state index in [4.69, 9.17) is 11.6 Å². The summed E-state index contributed by atoms with van der Waals surface area (Å²) in [5, 5.41) is 5.54. The van der Waals surface area contributed by atoms with E-state index in [-0.39, 0.29) is 41.7 Å². The van der Waals surface area contributed by atoms with Gasteiger partial charge < -0.3 is 15.5 Å². The molecule has 7 heteroatoms. The van der Waals surface area contributed by atoms with Gasteiger partial charge >= 0.3 is 0 Å². The Morgan fingerprint density at radius 2 is 1.91 bits per heavy atom. The van der Waals surface area contributed by atoms with Gasteiger partial charge in [0.1, 0.15) is 5.82 Å². The maximum atomic E-state index is 13.6. The summed E-state index contributed by atoms with van der Waals surface area (Å²) in [4.78, 5) is 24.5. The van der Waals surface area contributed by atoms with Crippen LogP contribution in [0.2, 0.25) is 5.02 Å². The van der Waals surface area contributed by atoms with Crippen LogP contribution in [0.1, 0.15) is 20.8 Å². The van der Waals surface area contributed by atoms with Crippen LogP contribution in [0.25, 0.3) is 0 Å². The van der Waals surface area contributed by atoms with Gasteiger partial charge in [0.15, 0.2) is 13.1 Å². The minimum Gasteiger partial charge on any atom is -0.349 e. The molecule has 0 aliphatic heterocycles. The van der Waals surface area contributed by atoms with Crippen LogP contribution in [-0.4, -0.2) is 37.5 Å². The van der Waals surface area contributed by atoms with Crippen molar-refractivity contribution in [2.75, 3.05) is 25.0 Å². The molecule has 22 heavy (non-hydrogen) atoms. The molecule has 1 rings (SSSR count). The molecule has 0 bridgehead atoms. The molecule has 1 unspecified atom stereocenters. The van der Waals surface area contributed by atoms with E-state index in [1.165, 1.54) is 12.1 Å². The van der Waals surface area contributed by atoms with Gasteiger partial charge in [-0.2, -0.15) is 0 Å². The van der Waals surface area contributed by atoms with Crippen molar-refractivity contribution in [3.8, 4) is 0 Å². The fourth-order valence-electron chi connectivity index (χ4n) is 1.92. The number of hydrogen-bond acceptors (Lipinski definition) is 2. The molecule has 2 amide bonds. The van der Waals surface area contributed by atoms with Gasteiger partial charge in [-0.15, -0.1) is 0 Å². The highest BCUT2D eigenvalue weighted by molar-refractivity contribution is 6.30. The van der Waals surface area contributed by atoms with Crippen LogP contribution in [0.4, 0.5) is 10.1 Å². The van der Waals surface area contributed by atoms with Crippen LogP contribution in [0.5, 0.6) is 0 Å². The van der Waals surface area contributed by atoms with Crippen molar-refractivity contribution in [1.82, 2.24) is 5.32 Å². The zero-order valence-electron chi connectivity index (χ0n) is 13.0. The number of anilines is 1. The third kappa shape index (κ3) is 6.41. The third-order valence-electron chi connectivity index (χ3n) is 2.98. The van der Waals surface area contributed by atoms with Gasteiger partial charge in [0.2, 0.25) is 0 Å². The van der Waals surface area contributed by atoms with E-state index in [0.717, 1.165) is 11.0 Å². The normalized spacial score (nSPS) is 12.1. The van der Waals surface area contributed by atoms with E-state index >= 15 is 0 Å². The van der Waals surface area contributed by atoms with Gasteiger partial charge in [-0.05, 0) is 39.0 Å². The number of rotatable bonds is 7. The molecule has 0 aliphatic carbocycles. The van der Waals surface area contributed by atoms with Crippen LogP contribution in [0.15, 0.2) is 18.2 Å². The summed E-state index contributed by atoms with van der Waals surface area (Å²) < 4.78 is 13.6. The smallest absolute Gasteiger partial charge is 0.279 e. The number of amides is 2. The number of halogens is 2. The molecule has 0 heterocycles. The number of carbonyl (C=O) groups is 2. The lowest BCUT2D eigenvalue weighted by molar-refractivity contribution is -0.881. The molecule has 0 radical (unpaired) electrons. The zero-order chi connectivity index (χ0) is 16.7. The van der Waals surface area contributed by atoms with Gasteiger partial charge in [0.25, 0.3) is 11.8 Å². The molecular weight excluding hydrogens is 309 g/mol. The van der Waals surface area contributed by atoms with Crippen molar-refractivity contribution >= 4 is 29.1 Å². The van der Waals surface area contributed by atoms with E-state index in [1.54, 1.807) is 0 Å². The Morgan fingerprint density at radius 3 is 2.45 bits per heavy atom. The Kier molecular flexibility index (Phi) is 7.27. The van der Waals surface area contributed by atoms with Crippen LogP contribution >= 0.6 is 11.6 Å². The molecule has 0 saturated carbocycles. The summed E-state index contributed by atoms with van der Waals surface area (Å²) in [6.07, 6.45) is 0.